The maximum Gasteiger partial charge on any atom is 0.263 e. The quantitative estimate of drug-likeness (QED) is 0.803. The van der Waals surface area contributed by atoms with Crippen LogP contribution in [0.5, 0.6) is 0 Å². The number of amides is 2. The first-order chi connectivity index (χ1) is 9.93. The number of fused-ring (bicyclic) bond motifs is 1. The molecule has 0 spiro atoms. The minimum Gasteiger partial charge on any atom is -0.294 e. The topological polar surface area (TPSA) is 81.1 Å². The van der Waals surface area contributed by atoms with Gasteiger partial charge in [0, 0.05) is 6.42 Å². The molecule has 6 nitrogen and oxygen atoms in total. The Kier molecular flexibility index (Phi) is 3.06. The van der Waals surface area contributed by atoms with Crippen LogP contribution in [0.2, 0.25) is 5.02 Å². The van der Waals surface area contributed by atoms with E-state index in [1.54, 1.807) is 25.1 Å². The van der Waals surface area contributed by atoms with Crippen LogP contribution in [-0.4, -0.2) is 21.4 Å². The first-order valence-electron chi connectivity index (χ1n) is 6.44. The first-order valence-corrected chi connectivity index (χ1v) is 6.82. The summed E-state index contributed by atoms with van der Waals surface area (Å²) in [6, 6.07) is 4.99. The van der Waals surface area contributed by atoms with E-state index in [9.17, 15) is 14.4 Å². The van der Waals surface area contributed by atoms with Crippen LogP contribution in [0, 0.1) is 0 Å². The van der Waals surface area contributed by atoms with Crippen LogP contribution in [-0.2, 0) is 15.1 Å². The minimum absolute atomic E-state index is 0.176. The maximum absolute atomic E-state index is 12.7. The van der Waals surface area contributed by atoms with Crippen molar-refractivity contribution in [1.29, 1.82) is 0 Å². The number of nitrogens with one attached hydrogen (secondary N) is 1. The Bertz CT molecular complexity index is 830. The average molecular weight is 306 g/mol. The van der Waals surface area contributed by atoms with Crippen LogP contribution in [0.1, 0.15) is 19.8 Å². The lowest BCUT2D eigenvalue weighted by molar-refractivity contribution is -0.140. The summed E-state index contributed by atoms with van der Waals surface area (Å²) in [5, 5.41) is 2.82. The Morgan fingerprint density at radius 2 is 2.10 bits per heavy atom. The molecule has 1 N–H and O–H groups in total. The first kappa shape index (κ1) is 13.8. The molecule has 0 aliphatic carbocycles. The molecule has 1 aliphatic rings. The second-order valence-corrected chi connectivity index (χ2v) is 5.61. The van der Waals surface area contributed by atoms with Gasteiger partial charge in [0.2, 0.25) is 5.91 Å². The third-order valence-electron chi connectivity index (χ3n) is 3.85. The van der Waals surface area contributed by atoms with Crippen molar-refractivity contribution >= 4 is 34.3 Å². The van der Waals surface area contributed by atoms with Gasteiger partial charge in [0.05, 0.1) is 22.3 Å². The van der Waals surface area contributed by atoms with Crippen molar-refractivity contribution in [2.45, 2.75) is 25.3 Å². The highest BCUT2D eigenvalue weighted by Gasteiger charge is 2.41. The fourth-order valence-corrected chi connectivity index (χ4v) is 2.75. The predicted molar refractivity (Wildman–Crippen MR) is 77.0 cm³/mol. The molecule has 2 amide bonds. The van der Waals surface area contributed by atoms with Crippen molar-refractivity contribution in [2.75, 3.05) is 0 Å². The van der Waals surface area contributed by atoms with Crippen molar-refractivity contribution in [2.24, 2.45) is 0 Å². The number of carbonyl (C=O) groups excluding carboxylic acids is 2. The molecule has 3 rings (SSSR count). The highest BCUT2D eigenvalue weighted by Crippen LogP contribution is 2.26. The standard InChI is InChI=1S/C14H12ClN3O3/c1-14(6-5-10(19)17-13(14)21)18-7-16-9-4-2-3-8(15)11(9)12(18)20/h2-4,7H,5-6H2,1H3,(H,17,19,21)/t14-/m0/s1. The predicted octanol–water partition coefficient (Wildman–Crippen LogP) is 1.20. The van der Waals surface area contributed by atoms with Crippen molar-refractivity contribution in [3.05, 3.63) is 39.9 Å². The van der Waals surface area contributed by atoms with E-state index < -0.39 is 17.0 Å². The molecule has 1 aromatic carbocycles. The van der Waals surface area contributed by atoms with E-state index in [0.29, 0.717) is 5.52 Å². The number of carbonyl (C=O) groups is 2. The molecule has 0 saturated carbocycles. The lowest BCUT2D eigenvalue weighted by Gasteiger charge is -2.33. The number of rotatable bonds is 1. The summed E-state index contributed by atoms with van der Waals surface area (Å²) in [5.74, 6) is -0.841. The van der Waals surface area contributed by atoms with Gasteiger partial charge in [0.15, 0.2) is 0 Å². The van der Waals surface area contributed by atoms with Gasteiger partial charge in [0.25, 0.3) is 11.5 Å². The van der Waals surface area contributed by atoms with Gasteiger partial charge in [-0.1, -0.05) is 17.7 Å². The smallest absolute Gasteiger partial charge is 0.263 e. The van der Waals surface area contributed by atoms with E-state index in [4.69, 9.17) is 11.6 Å². The lowest BCUT2D eigenvalue weighted by Crippen LogP contribution is -2.55. The largest absolute Gasteiger partial charge is 0.294 e. The van der Waals surface area contributed by atoms with Crippen LogP contribution in [0.15, 0.2) is 29.3 Å². The van der Waals surface area contributed by atoms with Crippen LogP contribution in [0.4, 0.5) is 0 Å². The summed E-state index contributed by atoms with van der Waals surface area (Å²) in [7, 11) is 0. The lowest BCUT2D eigenvalue weighted by atomic mass is 9.90. The molecular weight excluding hydrogens is 294 g/mol. The monoisotopic (exact) mass is 305 g/mol. The molecule has 1 fully saturated rings. The summed E-state index contributed by atoms with van der Waals surface area (Å²) in [6.45, 7) is 1.61. The molecule has 2 heterocycles. The van der Waals surface area contributed by atoms with Gasteiger partial charge in [-0.05, 0) is 25.5 Å². The van der Waals surface area contributed by atoms with E-state index >= 15 is 0 Å². The van der Waals surface area contributed by atoms with E-state index in [1.807, 2.05) is 0 Å². The molecule has 7 heteroatoms. The Balaban J connectivity index is 2.24. The van der Waals surface area contributed by atoms with E-state index in [2.05, 4.69) is 10.3 Å². The second-order valence-electron chi connectivity index (χ2n) is 5.20. The Morgan fingerprint density at radius 1 is 1.33 bits per heavy atom. The number of hydrogen-bond acceptors (Lipinski definition) is 4. The van der Waals surface area contributed by atoms with Crippen molar-refractivity contribution in [3.8, 4) is 0 Å². The number of piperidine rings is 1. The SMILES string of the molecule is C[C@]1(n2cnc3cccc(Cl)c3c2=O)CCC(=O)NC1=O. The van der Waals surface area contributed by atoms with E-state index in [1.165, 1.54) is 10.9 Å². The molecule has 1 atom stereocenters. The highest BCUT2D eigenvalue weighted by molar-refractivity contribution is 6.35. The molecular formula is C14H12ClN3O3. The van der Waals surface area contributed by atoms with Crippen LogP contribution in [0.3, 0.4) is 0 Å². The molecule has 21 heavy (non-hydrogen) atoms. The normalized spacial score (nSPS) is 22.4. The molecule has 2 aromatic rings. The fraction of sp³-hybridized carbons (Fsp3) is 0.286. The number of hydrogen-bond donors (Lipinski definition) is 1. The van der Waals surface area contributed by atoms with Crippen LogP contribution in [0.25, 0.3) is 10.9 Å². The summed E-state index contributed by atoms with van der Waals surface area (Å²) in [6.07, 6.45) is 1.75. The third-order valence-corrected chi connectivity index (χ3v) is 4.16. The van der Waals surface area contributed by atoms with Gasteiger partial charge in [-0.15, -0.1) is 0 Å². The summed E-state index contributed by atoms with van der Waals surface area (Å²) in [4.78, 5) is 40.3. The highest BCUT2D eigenvalue weighted by atomic mass is 35.5. The summed E-state index contributed by atoms with van der Waals surface area (Å²) >= 11 is 6.07. The van der Waals surface area contributed by atoms with Crippen LogP contribution >= 0.6 is 11.6 Å². The van der Waals surface area contributed by atoms with Gasteiger partial charge in [-0.2, -0.15) is 0 Å². The van der Waals surface area contributed by atoms with Gasteiger partial charge < -0.3 is 0 Å². The molecule has 0 radical (unpaired) electrons. The molecule has 1 aliphatic heterocycles. The summed E-state index contributed by atoms with van der Waals surface area (Å²) < 4.78 is 1.25. The van der Waals surface area contributed by atoms with Crippen molar-refractivity contribution < 1.29 is 9.59 Å². The fourth-order valence-electron chi connectivity index (χ4n) is 2.50. The molecule has 1 saturated heterocycles. The molecule has 1 aromatic heterocycles. The number of aromatic nitrogens is 2. The van der Waals surface area contributed by atoms with Crippen molar-refractivity contribution in [1.82, 2.24) is 14.9 Å². The van der Waals surface area contributed by atoms with E-state index in [-0.39, 0.29) is 29.2 Å². The zero-order chi connectivity index (χ0) is 15.2. The van der Waals surface area contributed by atoms with Gasteiger partial charge in [0.1, 0.15) is 5.54 Å². The number of halogens is 1. The third kappa shape index (κ3) is 2.03. The van der Waals surface area contributed by atoms with Crippen LogP contribution < -0.4 is 10.9 Å². The van der Waals surface area contributed by atoms with Gasteiger partial charge >= 0.3 is 0 Å². The minimum atomic E-state index is -1.15. The molecule has 0 unspecified atom stereocenters. The maximum atomic E-state index is 12.7. The van der Waals surface area contributed by atoms with Gasteiger partial charge in [-0.3, -0.25) is 24.3 Å². The Labute approximate surface area is 124 Å². The number of benzene rings is 1. The number of imide groups is 1. The van der Waals surface area contributed by atoms with Gasteiger partial charge in [-0.25, -0.2) is 4.98 Å². The zero-order valence-electron chi connectivity index (χ0n) is 11.2. The Morgan fingerprint density at radius 3 is 2.81 bits per heavy atom. The Hall–Kier alpha value is -2.21. The number of nitrogens with zero attached hydrogens (tertiary/aromatic N) is 2. The molecule has 0 bridgehead atoms. The summed E-state index contributed by atoms with van der Waals surface area (Å²) in [5.41, 5.74) is -1.07. The second kappa shape index (κ2) is 4.66. The van der Waals surface area contributed by atoms with E-state index in [0.717, 1.165) is 0 Å². The average Bonchev–Trinajstić information content (AvgIpc) is 2.44. The van der Waals surface area contributed by atoms with Crippen molar-refractivity contribution in [3.63, 3.8) is 0 Å². The zero-order valence-corrected chi connectivity index (χ0v) is 12.0. The molecule has 108 valence electrons.